The number of rotatable bonds is 4. The summed E-state index contributed by atoms with van der Waals surface area (Å²) >= 11 is 0. The van der Waals surface area contributed by atoms with E-state index in [1.165, 1.54) is 31.2 Å². The van der Waals surface area contributed by atoms with Gasteiger partial charge in [0.1, 0.15) is 5.75 Å². The van der Waals surface area contributed by atoms with Crippen molar-refractivity contribution in [2.24, 2.45) is 0 Å². The van der Waals surface area contributed by atoms with Crippen LogP contribution in [0.1, 0.15) is 37.2 Å². The molecule has 0 spiro atoms. The third-order valence-electron chi connectivity index (χ3n) is 3.77. The lowest BCUT2D eigenvalue weighted by Crippen LogP contribution is -2.41. The van der Waals surface area contributed by atoms with Crippen molar-refractivity contribution in [3.63, 3.8) is 0 Å². The lowest BCUT2D eigenvalue weighted by molar-refractivity contribution is 0.289. The van der Waals surface area contributed by atoms with Crippen molar-refractivity contribution in [2.75, 3.05) is 7.11 Å². The van der Waals surface area contributed by atoms with Crippen LogP contribution in [0.3, 0.4) is 0 Å². The van der Waals surface area contributed by atoms with Crippen LogP contribution in [0, 0.1) is 0 Å². The van der Waals surface area contributed by atoms with Gasteiger partial charge in [-0.1, -0.05) is 12.1 Å². The fourth-order valence-electron chi connectivity index (χ4n) is 2.49. The normalized spacial score (nSPS) is 28.6. The molecule has 0 aromatic heterocycles. The Morgan fingerprint density at radius 1 is 1.06 bits per heavy atom. The van der Waals surface area contributed by atoms with Crippen molar-refractivity contribution in [3.8, 4) is 5.75 Å². The van der Waals surface area contributed by atoms with Crippen molar-refractivity contribution in [3.05, 3.63) is 29.8 Å². The lowest BCUT2D eigenvalue weighted by atomic mass is 9.76. The summed E-state index contributed by atoms with van der Waals surface area (Å²) in [5.41, 5.74) is 1.47. The van der Waals surface area contributed by atoms with Gasteiger partial charge in [0, 0.05) is 12.1 Å². The van der Waals surface area contributed by atoms with Crippen molar-refractivity contribution in [1.29, 1.82) is 0 Å². The van der Waals surface area contributed by atoms with Crippen LogP contribution in [0.5, 0.6) is 5.75 Å². The molecule has 2 fully saturated rings. The molecule has 3 rings (SSSR count). The molecule has 0 unspecified atom stereocenters. The molecule has 16 heavy (non-hydrogen) atoms. The molecular formula is C14H19NO. The Kier molecular flexibility index (Phi) is 2.60. The molecule has 2 nitrogen and oxygen atoms in total. The summed E-state index contributed by atoms with van der Waals surface area (Å²) in [6, 6.07) is 10.2. The summed E-state index contributed by atoms with van der Waals surface area (Å²) in [5.74, 6) is 1.72. The third-order valence-corrected chi connectivity index (χ3v) is 3.77. The largest absolute Gasteiger partial charge is 0.497 e. The summed E-state index contributed by atoms with van der Waals surface area (Å²) in [7, 11) is 1.72. The molecule has 0 atom stereocenters. The van der Waals surface area contributed by atoms with Gasteiger partial charge in [0.15, 0.2) is 0 Å². The van der Waals surface area contributed by atoms with Gasteiger partial charge in [0.05, 0.1) is 7.11 Å². The maximum Gasteiger partial charge on any atom is 0.118 e. The highest BCUT2D eigenvalue weighted by molar-refractivity contribution is 5.31. The molecule has 86 valence electrons. The van der Waals surface area contributed by atoms with Gasteiger partial charge < -0.3 is 10.1 Å². The topological polar surface area (TPSA) is 21.3 Å². The Labute approximate surface area is 97.0 Å². The number of ether oxygens (including phenoxy) is 1. The van der Waals surface area contributed by atoms with E-state index in [0.717, 1.165) is 23.8 Å². The number of benzene rings is 1. The monoisotopic (exact) mass is 217 g/mol. The Morgan fingerprint density at radius 2 is 1.75 bits per heavy atom. The zero-order valence-corrected chi connectivity index (χ0v) is 9.78. The highest BCUT2D eigenvalue weighted by Crippen LogP contribution is 2.38. The van der Waals surface area contributed by atoms with E-state index in [4.69, 9.17) is 4.74 Å². The number of hydrogen-bond donors (Lipinski definition) is 1. The molecule has 0 saturated heterocycles. The molecule has 0 aliphatic heterocycles. The van der Waals surface area contributed by atoms with Gasteiger partial charge in [-0.05, 0) is 49.3 Å². The van der Waals surface area contributed by atoms with Gasteiger partial charge >= 0.3 is 0 Å². The van der Waals surface area contributed by atoms with Crippen molar-refractivity contribution < 1.29 is 4.74 Å². The number of hydrogen-bond acceptors (Lipinski definition) is 2. The predicted molar refractivity (Wildman–Crippen MR) is 64.9 cm³/mol. The van der Waals surface area contributed by atoms with E-state index < -0.39 is 0 Å². The first kappa shape index (κ1) is 10.2. The van der Waals surface area contributed by atoms with Crippen LogP contribution in [0.4, 0.5) is 0 Å². The standard InChI is InChI=1S/C14H19NO/c1-16-14-6-2-10(3-7-14)11-8-13(9-11)15-12-4-5-12/h2-3,6-7,11-13,15H,4-5,8-9H2,1H3. The van der Waals surface area contributed by atoms with E-state index in [1.807, 2.05) is 0 Å². The minimum atomic E-state index is 0.766. The van der Waals surface area contributed by atoms with Crippen LogP contribution in [-0.2, 0) is 0 Å². The maximum absolute atomic E-state index is 5.17. The summed E-state index contributed by atoms with van der Waals surface area (Å²) in [5, 5.41) is 3.69. The van der Waals surface area contributed by atoms with Crippen LogP contribution >= 0.6 is 0 Å². The summed E-state index contributed by atoms with van der Waals surface area (Å²) < 4.78 is 5.17. The van der Waals surface area contributed by atoms with Crippen molar-refractivity contribution in [2.45, 2.75) is 43.7 Å². The van der Waals surface area contributed by atoms with Gasteiger partial charge in [-0.2, -0.15) is 0 Å². The first-order valence-electron chi connectivity index (χ1n) is 6.25. The second kappa shape index (κ2) is 4.10. The zero-order valence-electron chi connectivity index (χ0n) is 9.78. The van der Waals surface area contributed by atoms with Gasteiger partial charge in [0.25, 0.3) is 0 Å². The highest BCUT2D eigenvalue weighted by Gasteiger charge is 2.34. The summed E-state index contributed by atoms with van der Waals surface area (Å²) in [6.45, 7) is 0. The van der Waals surface area contributed by atoms with Gasteiger partial charge in [-0.3, -0.25) is 0 Å². The van der Waals surface area contributed by atoms with Crippen molar-refractivity contribution >= 4 is 0 Å². The fourth-order valence-corrected chi connectivity index (χ4v) is 2.49. The molecule has 2 aliphatic rings. The van der Waals surface area contributed by atoms with Gasteiger partial charge in [-0.25, -0.2) is 0 Å². The molecule has 0 bridgehead atoms. The molecular weight excluding hydrogens is 198 g/mol. The quantitative estimate of drug-likeness (QED) is 0.837. The average molecular weight is 217 g/mol. The fraction of sp³-hybridized carbons (Fsp3) is 0.571. The lowest BCUT2D eigenvalue weighted by Gasteiger charge is -2.36. The van der Waals surface area contributed by atoms with Gasteiger partial charge in [-0.15, -0.1) is 0 Å². The second-order valence-electron chi connectivity index (χ2n) is 5.08. The van der Waals surface area contributed by atoms with E-state index in [1.54, 1.807) is 7.11 Å². The van der Waals surface area contributed by atoms with Crippen molar-refractivity contribution in [1.82, 2.24) is 5.32 Å². The Morgan fingerprint density at radius 3 is 2.31 bits per heavy atom. The summed E-state index contributed by atoms with van der Waals surface area (Å²) in [6.07, 6.45) is 5.40. The van der Waals surface area contributed by atoms with E-state index >= 15 is 0 Å². The Hall–Kier alpha value is -1.02. The predicted octanol–water partition coefficient (Wildman–Crippen LogP) is 2.69. The van der Waals surface area contributed by atoms with E-state index in [9.17, 15) is 0 Å². The first-order chi connectivity index (χ1) is 7.85. The minimum absolute atomic E-state index is 0.766. The third kappa shape index (κ3) is 2.07. The number of methoxy groups -OCH3 is 1. The average Bonchev–Trinajstić information content (AvgIpc) is 3.07. The molecule has 0 heterocycles. The highest BCUT2D eigenvalue weighted by atomic mass is 16.5. The Balaban J connectivity index is 1.53. The van der Waals surface area contributed by atoms with Crippen LogP contribution in [0.2, 0.25) is 0 Å². The smallest absolute Gasteiger partial charge is 0.118 e. The van der Waals surface area contributed by atoms with E-state index in [2.05, 4.69) is 29.6 Å². The SMILES string of the molecule is COc1ccc(C2CC(NC3CC3)C2)cc1. The minimum Gasteiger partial charge on any atom is -0.497 e. The first-order valence-corrected chi connectivity index (χ1v) is 6.25. The van der Waals surface area contributed by atoms with Crippen LogP contribution in [-0.4, -0.2) is 19.2 Å². The van der Waals surface area contributed by atoms with Crippen LogP contribution in [0.25, 0.3) is 0 Å². The molecule has 2 saturated carbocycles. The van der Waals surface area contributed by atoms with Gasteiger partial charge in [0.2, 0.25) is 0 Å². The second-order valence-corrected chi connectivity index (χ2v) is 5.08. The molecule has 2 aliphatic carbocycles. The maximum atomic E-state index is 5.17. The molecule has 1 aromatic carbocycles. The molecule has 0 amide bonds. The van der Waals surface area contributed by atoms with Crippen LogP contribution in [0.15, 0.2) is 24.3 Å². The molecule has 1 N–H and O–H groups in total. The number of nitrogens with one attached hydrogen (secondary N) is 1. The van der Waals surface area contributed by atoms with Crippen LogP contribution < -0.4 is 10.1 Å². The Bertz CT molecular complexity index is 350. The van der Waals surface area contributed by atoms with E-state index in [-0.39, 0.29) is 0 Å². The molecule has 1 aromatic rings. The molecule has 2 heteroatoms. The molecule has 0 radical (unpaired) electrons. The summed E-state index contributed by atoms with van der Waals surface area (Å²) in [4.78, 5) is 0. The van der Waals surface area contributed by atoms with E-state index in [0.29, 0.717) is 0 Å². The zero-order chi connectivity index (χ0) is 11.0.